The van der Waals surface area contributed by atoms with E-state index in [9.17, 15) is 18.0 Å². The summed E-state index contributed by atoms with van der Waals surface area (Å²) < 4.78 is 35.3. The fourth-order valence-corrected chi connectivity index (χ4v) is 3.25. The van der Waals surface area contributed by atoms with Crippen molar-refractivity contribution in [1.82, 2.24) is 9.46 Å². The second-order valence-corrected chi connectivity index (χ2v) is 8.75. The summed E-state index contributed by atoms with van der Waals surface area (Å²) in [7, 11) is -0.684. The predicted octanol–water partition coefficient (Wildman–Crippen LogP) is 2.15. The molecule has 0 aliphatic carbocycles. The van der Waals surface area contributed by atoms with Crippen LogP contribution in [0.1, 0.15) is 41.6 Å². The number of benzene rings is 1. The maximum Gasteiger partial charge on any atom is 0.344 e. The number of nitrogens with zero attached hydrogens (tertiary/aromatic N) is 2. The molecule has 1 aromatic heterocycles. The molecule has 0 radical (unpaired) electrons. The van der Waals surface area contributed by atoms with Gasteiger partial charge in [-0.2, -0.15) is 0 Å². The van der Waals surface area contributed by atoms with E-state index in [1.807, 2.05) is 13.8 Å². The smallest absolute Gasteiger partial charge is 0.344 e. The van der Waals surface area contributed by atoms with E-state index in [2.05, 4.69) is 10.5 Å². The highest BCUT2D eigenvalue weighted by Crippen LogP contribution is 2.23. The maximum absolute atomic E-state index is 12.3. The second kappa shape index (κ2) is 8.53. The van der Waals surface area contributed by atoms with Crippen LogP contribution in [0.5, 0.6) is 0 Å². The largest absolute Gasteiger partial charge is 0.452 e. The van der Waals surface area contributed by atoms with E-state index in [1.54, 1.807) is 6.92 Å². The molecule has 0 saturated carbocycles. The number of carbonyl (C=O) groups excluding carboxylic acids is 2. The molecule has 0 spiro atoms. The average Bonchev–Trinajstić information content (AvgIpc) is 3.02. The minimum Gasteiger partial charge on any atom is -0.452 e. The molecule has 1 heterocycles. The summed E-state index contributed by atoms with van der Waals surface area (Å²) >= 11 is 0. The Balaban J connectivity index is 1.98. The van der Waals surface area contributed by atoms with Crippen LogP contribution in [-0.4, -0.2) is 50.5 Å². The highest BCUT2D eigenvalue weighted by molar-refractivity contribution is 7.89. The van der Waals surface area contributed by atoms with Crippen molar-refractivity contribution < 1.29 is 27.3 Å². The average molecular weight is 409 g/mol. The lowest BCUT2D eigenvalue weighted by molar-refractivity contribution is -0.119. The van der Waals surface area contributed by atoms with Gasteiger partial charge in [-0.05, 0) is 31.2 Å². The van der Waals surface area contributed by atoms with Crippen molar-refractivity contribution >= 4 is 27.6 Å². The molecule has 2 rings (SSSR count). The zero-order valence-electron chi connectivity index (χ0n) is 16.3. The summed E-state index contributed by atoms with van der Waals surface area (Å²) in [6.45, 7) is 4.82. The standard InChI is InChI=1S/C18H23N3O6S/c1-11(2)17-16(12(3)20-27-17)18(23)26-10-15(22)19-13-6-8-14(9-7-13)28(24,25)21(4)5/h6-9,11H,10H2,1-5H3,(H,19,22). The van der Waals surface area contributed by atoms with Crippen molar-refractivity contribution in [2.75, 3.05) is 26.0 Å². The number of sulfonamides is 1. The number of ether oxygens (including phenoxy) is 1. The first-order valence-corrected chi connectivity index (χ1v) is 9.93. The molecule has 9 nitrogen and oxygen atoms in total. The Morgan fingerprint density at radius 2 is 1.82 bits per heavy atom. The fraction of sp³-hybridized carbons (Fsp3) is 0.389. The highest BCUT2D eigenvalue weighted by Gasteiger charge is 2.24. The van der Waals surface area contributed by atoms with Crippen LogP contribution in [0.3, 0.4) is 0 Å². The molecule has 0 fully saturated rings. The molecular weight excluding hydrogens is 386 g/mol. The third kappa shape index (κ3) is 4.76. The summed E-state index contributed by atoms with van der Waals surface area (Å²) in [5, 5.41) is 6.30. The number of hydrogen-bond donors (Lipinski definition) is 1. The van der Waals surface area contributed by atoms with Gasteiger partial charge in [-0.15, -0.1) is 0 Å². The van der Waals surface area contributed by atoms with Crippen molar-refractivity contribution in [3.63, 3.8) is 0 Å². The number of aryl methyl sites for hydroxylation is 1. The predicted molar refractivity (Wildman–Crippen MR) is 102 cm³/mol. The monoisotopic (exact) mass is 409 g/mol. The van der Waals surface area contributed by atoms with E-state index >= 15 is 0 Å². The molecular formula is C18H23N3O6S. The molecule has 1 N–H and O–H groups in total. The normalized spacial score (nSPS) is 11.7. The first kappa shape index (κ1) is 21.6. The molecule has 0 aliphatic rings. The van der Waals surface area contributed by atoms with Gasteiger partial charge in [-0.25, -0.2) is 17.5 Å². The molecule has 10 heteroatoms. The molecule has 0 atom stereocenters. The number of nitrogens with one attached hydrogen (secondary N) is 1. The van der Waals surface area contributed by atoms with Crippen LogP contribution < -0.4 is 5.32 Å². The molecule has 0 aliphatic heterocycles. The minimum absolute atomic E-state index is 0.0606. The molecule has 1 amide bonds. The van der Waals surface area contributed by atoms with Crippen LogP contribution >= 0.6 is 0 Å². The second-order valence-electron chi connectivity index (χ2n) is 6.60. The first-order chi connectivity index (χ1) is 13.0. The van der Waals surface area contributed by atoms with E-state index in [0.717, 1.165) is 4.31 Å². The van der Waals surface area contributed by atoms with E-state index in [-0.39, 0.29) is 16.4 Å². The zero-order chi connectivity index (χ0) is 21.1. The van der Waals surface area contributed by atoms with Crippen molar-refractivity contribution in [3.05, 3.63) is 41.3 Å². The van der Waals surface area contributed by atoms with Gasteiger partial charge >= 0.3 is 5.97 Å². The molecule has 28 heavy (non-hydrogen) atoms. The number of aromatic nitrogens is 1. The summed E-state index contributed by atoms with van der Waals surface area (Å²) in [5.41, 5.74) is 0.996. The van der Waals surface area contributed by atoms with E-state index in [1.165, 1.54) is 38.4 Å². The number of hydrogen-bond acceptors (Lipinski definition) is 7. The summed E-state index contributed by atoms with van der Waals surface area (Å²) in [5.74, 6) is -0.906. The van der Waals surface area contributed by atoms with Gasteiger partial charge in [0.25, 0.3) is 5.91 Å². The van der Waals surface area contributed by atoms with Gasteiger partial charge in [-0.1, -0.05) is 19.0 Å². The van der Waals surface area contributed by atoms with Gasteiger partial charge in [0.15, 0.2) is 12.4 Å². The molecule has 2 aromatic rings. The van der Waals surface area contributed by atoms with Crippen molar-refractivity contribution in [1.29, 1.82) is 0 Å². The Morgan fingerprint density at radius 1 is 1.21 bits per heavy atom. The number of amides is 1. The lowest BCUT2D eigenvalue weighted by Crippen LogP contribution is -2.23. The Morgan fingerprint density at radius 3 is 2.36 bits per heavy atom. The minimum atomic E-state index is -3.55. The quantitative estimate of drug-likeness (QED) is 0.696. The van der Waals surface area contributed by atoms with Crippen molar-refractivity contribution in [2.45, 2.75) is 31.6 Å². The number of anilines is 1. The Labute approximate surface area is 163 Å². The Bertz CT molecular complexity index is 962. The van der Waals surface area contributed by atoms with Crippen LogP contribution in [0, 0.1) is 6.92 Å². The van der Waals surface area contributed by atoms with Gasteiger partial charge in [0.1, 0.15) is 5.56 Å². The van der Waals surface area contributed by atoms with E-state index < -0.39 is 28.5 Å². The van der Waals surface area contributed by atoms with Crippen molar-refractivity contribution in [2.24, 2.45) is 0 Å². The number of rotatable bonds is 7. The van der Waals surface area contributed by atoms with Gasteiger partial charge in [0.05, 0.1) is 10.6 Å². The Hall–Kier alpha value is -2.72. The van der Waals surface area contributed by atoms with Crippen LogP contribution in [0.4, 0.5) is 5.69 Å². The van der Waals surface area contributed by atoms with Crippen LogP contribution in [0.2, 0.25) is 0 Å². The number of carbonyl (C=O) groups is 2. The van der Waals surface area contributed by atoms with Gasteiger partial charge in [-0.3, -0.25) is 4.79 Å². The molecule has 0 bridgehead atoms. The van der Waals surface area contributed by atoms with Crippen LogP contribution in [-0.2, 0) is 19.6 Å². The molecule has 0 saturated heterocycles. The zero-order valence-corrected chi connectivity index (χ0v) is 17.2. The summed E-state index contributed by atoms with van der Waals surface area (Å²) in [6.07, 6.45) is 0. The Kier molecular flexibility index (Phi) is 6.57. The summed E-state index contributed by atoms with van der Waals surface area (Å²) in [6, 6.07) is 5.67. The van der Waals surface area contributed by atoms with Crippen molar-refractivity contribution in [3.8, 4) is 0 Å². The lowest BCUT2D eigenvalue weighted by atomic mass is 10.1. The van der Waals surface area contributed by atoms with Crippen LogP contribution in [0.15, 0.2) is 33.7 Å². The first-order valence-electron chi connectivity index (χ1n) is 8.49. The van der Waals surface area contributed by atoms with Gasteiger partial charge in [0.2, 0.25) is 10.0 Å². The maximum atomic E-state index is 12.3. The fourth-order valence-electron chi connectivity index (χ4n) is 2.35. The third-order valence-electron chi connectivity index (χ3n) is 3.87. The SMILES string of the molecule is Cc1noc(C(C)C)c1C(=O)OCC(=O)Nc1ccc(S(=O)(=O)N(C)C)cc1. The number of esters is 1. The topological polar surface area (TPSA) is 119 Å². The summed E-state index contributed by atoms with van der Waals surface area (Å²) in [4.78, 5) is 24.4. The highest BCUT2D eigenvalue weighted by atomic mass is 32.2. The molecule has 1 aromatic carbocycles. The van der Waals surface area contributed by atoms with E-state index in [4.69, 9.17) is 9.26 Å². The van der Waals surface area contributed by atoms with Crippen LogP contribution in [0.25, 0.3) is 0 Å². The third-order valence-corrected chi connectivity index (χ3v) is 5.70. The molecule has 152 valence electrons. The van der Waals surface area contributed by atoms with Gasteiger partial charge in [0, 0.05) is 25.7 Å². The lowest BCUT2D eigenvalue weighted by Gasteiger charge is -2.12. The van der Waals surface area contributed by atoms with Gasteiger partial charge < -0.3 is 14.6 Å². The molecule has 0 unspecified atom stereocenters. The van der Waals surface area contributed by atoms with E-state index in [0.29, 0.717) is 17.1 Å².